The van der Waals surface area contributed by atoms with Crippen LogP contribution in [0.1, 0.15) is 43.3 Å². The molecule has 0 saturated heterocycles. The standard InChI is InChI=1S/C17H22FN3/c1-3-21-10-9-19-16(21)11-20-17-12(2)7-8-13-14(17)5-4-6-15(13)18/h4-6,9-10,12,17,20H,3,7-8,11H2,1-2H3/t12-,17+/m1/s1. The summed E-state index contributed by atoms with van der Waals surface area (Å²) in [5.74, 6) is 1.47. The Morgan fingerprint density at radius 1 is 1.43 bits per heavy atom. The Bertz CT molecular complexity index is 620. The van der Waals surface area contributed by atoms with E-state index in [1.807, 2.05) is 18.5 Å². The molecule has 0 radical (unpaired) electrons. The van der Waals surface area contributed by atoms with Crippen LogP contribution in [-0.4, -0.2) is 9.55 Å². The van der Waals surface area contributed by atoms with Crippen LogP contribution in [0.25, 0.3) is 0 Å². The van der Waals surface area contributed by atoms with Crippen molar-refractivity contribution in [1.29, 1.82) is 0 Å². The molecule has 0 spiro atoms. The zero-order chi connectivity index (χ0) is 14.8. The fourth-order valence-corrected chi connectivity index (χ4v) is 3.28. The van der Waals surface area contributed by atoms with Gasteiger partial charge < -0.3 is 9.88 Å². The molecule has 21 heavy (non-hydrogen) atoms. The van der Waals surface area contributed by atoms with E-state index in [2.05, 4.69) is 34.8 Å². The van der Waals surface area contributed by atoms with Crippen molar-refractivity contribution < 1.29 is 4.39 Å². The van der Waals surface area contributed by atoms with Crippen LogP contribution < -0.4 is 5.32 Å². The van der Waals surface area contributed by atoms with E-state index >= 15 is 0 Å². The average molecular weight is 287 g/mol. The van der Waals surface area contributed by atoms with Crippen molar-refractivity contribution >= 4 is 0 Å². The van der Waals surface area contributed by atoms with E-state index in [4.69, 9.17) is 0 Å². The Balaban J connectivity index is 1.81. The molecule has 1 N–H and O–H groups in total. The van der Waals surface area contributed by atoms with Gasteiger partial charge in [0.1, 0.15) is 11.6 Å². The van der Waals surface area contributed by atoms with Gasteiger partial charge in [-0.25, -0.2) is 9.37 Å². The van der Waals surface area contributed by atoms with E-state index in [9.17, 15) is 4.39 Å². The zero-order valence-corrected chi connectivity index (χ0v) is 12.6. The third-order valence-electron chi connectivity index (χ3n) is 4.53. The first kappa shape index (κ1) is 14.3. The number of nitrogens with zero attached hydrogens (tertiary/aromatic N) is 2. The molecule has 0 fully saturated rings. The van der Waals surface area contributed by atoms with Gasteiger partial charge in [0.15, 0.2) is 0 Å². The molecule has 1 heterocycles. The fraction of sp³-hybridized carbons (Fsp3) is 0.471. The smallest absolute Gasteiger partial charge is 0.126 e. The van der Waals surface area contributed by atoms with Crippen molar-refractivity contribution in [2.24, 2.45) is 5.92 Å². The number of rotatable bonds is 4. The molecule has 1 aromatic heterocycles. The predicted octanol–water partition coefficient (Wildman–Crippen LogP) is 3.46. The van der Waals surface area contributed by atoms with Crippen molar-refractivity contribution in [1.82, 2.24) is 14.9 Å². The van der Waals surface area contributed by atoms with Gasteiger partial charge in [-0.05, 0) is 42.9 Å². The second-order valence-corrected chi connectivity index (χ2v) is 5.81. The summed E-state index contributed by atoms with van der Waals surface area (Å²) >= 11 is 0. The minimum Gasteiger partial charge on any atom is -0.334 e. The normalized spacial score (nSPS) is 21.3. The summed E-state index contributed by atoms with van der Waals surface area (Å²) in [5.41, 5.74) is 2.00. The van der Waals surface area contributed by atoms with Gasteiger partial charge in [0, 0.05) is 25.0 Å². The van der Waals surface area contributed by atoms with Crippen LogP contribution in [0.5, 0.6) is 0 Å². The maximum atomic E-state index is 14.0. The number of halogens is 1. The van der Waals surface area contributed by atoms with Crippen LogP contribution in [0.4, 0.5) is 4.39 Å². The largest absolute Gasteiger partial charge is 0.334 e. The molecule has 112 valence electrons. The lowest BCUT2D eigenvalue weighted by Crippen LogP contribution is -2.32. The molecular weight excluding hydrogens is 265 g/mol. The SMILES string of the molecule is CCn1ccnc1CN[C@@H]1c2cccc(F)c2CC[C@H]1C. The molecule has 3 nitrogen and oxygen atoms in total. The third-order valence-corrected chi connectivity index (χ3v) is 4.53. The first-order valence-electron chi connectivity index (χ1n) is 7.71. The van der Waals surface area contributed by atoms with Crippen LogP contribution in [0.15, 0.2) is 30.6 Å². The summed E-state index contributed by atoms with van der Waals surface area (Å²) in [6.07, 6.45) is 5.69. The van der Waals surface area contributed by atoms with Gasteiger partial charge >= 0.3 is 0 Å². The van der Waals surface area contributed by atoms with E-state index < -0.39 is 0 Å². The van der Waals surface area contributed by atoms with E-state index in [-0.39, 0.29) is 11.9 Å². The lowest BCUT2D eigenvalue weighted by Gasteiger charge is -2.32. The molecule has 3 rings (SSSR count). The molecule has 1 aliphatic carbocycles. The molecule has 2 aromatic rings. The zero-order valence-electron chi connectivity index (χ0n) is 12.6. The van der Waals surface area contributed by atoms with E-state index in [1.54, 1.807) is 6.07 Å². The Labute approximate surface area is 125 Å². The second kappa shape index (κ2) is 5.98. The predicted molar refractivity (Wildman–Crippen MR) is 81.4 cm³/mol. The number of aryl methyl sites for hydroxylation is 1. The second-order valence-electron chi connectivity index (χ2n) is 5.81. The number of hydrogen-bond donors (Lipinski definition) is 1. The maximum absolute atomic E-state index is 14.0. The molecule has 0 unspecified atom stereocenters. The van der Waals surface area contributed by atoms with Crippen molar-refractivity contribution in [3.8, 4) is 0 Å². The highest BCUT2D eigenvalue weighted by atomic mass is 19.1. The summed E-state index contributed by atoms with van der Waals surface area (Å²) < 4.78 is 16.1. The number of nitrogens with one attached hydrogen (secondary N) is 1. The fourth-order valence-electron chi connectivity index (χ4n) is 3.28. The molecule has 4 heteroatoms. The highest BCUT2D eigenvalue weighted by Gasteiger charge is 2.28. The van der Waals surface area contributed by atoms with Crippen molar-refractivity contribution in [2.45, 2.75) is 45.8 Å². The lowest BCUT2D eigenvalue weighted by molar-refractivity contribution is 0.334. The summed E-state index contributed by atoms with van der Waals surface area (Å²) in [4.78, 5) is 4.40. The molecule has 0 amide bonds. The van der Waals surface area contributed by atoms with Gasteiger partial charge in [-0.2, -0.15) is 0 Å². The Morgan fingerprint density at radius 2 is 2.29 bits per heavy atom. The number of aromatic nitrogens is 2. The Morgan fingerprint density at radius 3 is 3.10 bits per heavy atom. The monoisotopic (exact) mass is 287 g/mol. The van der Waals surface area contributed by atoms with Crippen molar-refractivity contribution in [2.75, 3.05) is 0 Å². The lowest BCUT2D eigenvalue weighted by atomic mass is 9.80. The van der Waals surface area contributed by atoms with Crippen LogP contribution in [-0.2, 0) is 19.5 Å². The number of imidazole rings is 1. The average Bonchev–Trinajstić information content (AvgIpc) is 2.94. The summed E-state index contributed by atoms with van der Waals surface area (Å²) in [6, 6.07) is 5.63. The van der Waals surface area contributed by atoms with E-state index in [0.29, 0.717) is 12.5 Å². The third kappa shape index (κ3) is 2.72. The van der Waals surface area contributed by atoms with Crippen LogP contribution in [0.2, 0.25) is 0 Å². The van der Waals surface area contributed by atoms with Gasteiger partial charge in [0.2, 0.25) is 0 Å². The number of hydrogen-bond acceptors (Lipinski definition) is 2. The summed E-state index contributed by atoms with van der Waals surface area (Å²) in [7, 11) is 0. The molecule has 2 atom stereocenters. The molecule has 0 bridgehead atoms. The van der Waals surface area contributed by atoms with Gasteiger partial charge in [0.25, 0.3) is 0 Å². The minimum absolute atomic E-state index is 0.0683. The van der Waals surface area contributed by atoms with Gasteiger partial charge in [-0.1, -0.05) is 19.1 Å². The first-order valence-corrected chi connectivity index (χ1v) is 7.71. The first-order chi connectivity index (χ1) is 10.2. The van der Waals surface area contributed by atoms with Gasteiger partial charge in [-0.3, -0.25) is 0 Å². The van der Waals surface area contributed by atoms with E-state index in [0.717, 1.165) is 36.3 Å². The Hall–Kier alpha value is -1.68. The molecule has 1 aliphatic rings. The number of fused-ring (bicyclic) bond motifs is 1. The van der Waals surface area contributed by atoms with Gasteiger partial charge in [-0.15, -0.1) is 0 Å². The molecule has 0 aliphatic heterocycles. The quantitative estimate of drug-likeness (QED) is 0.933. The van der Waals surface area contributed by atoms with Crippen molar-refractivity contribution in [3.63, 3.8) is 0 Å². The highest BCUT2D eigenvalue weighted by Crippen LogP contribution is 2.35. The maximum Gasteiger partial charge on any atom is 0.126 e. The topological polar surface area (TPSA) is 29.9 Å². The van der Waals surface area contributed by atoms with Crippen LogP contribution in [0, 0.1) is 11.7 Å². The van der Waals surface area contributed by atoms with Gasteiger partial charge in [0.05, 0.1) is 6.54 Å². The van der Waals surface area contributed by atoms with Crippen molar-refractivity contribution in [3.05, 3.63) is 53.4 Å². The number of benzene rings is 1. The van der Waals surface area contributed by atoms with Crippen LogP contribution in [0.3, 0.4) is 0 Å². The highest BCUT2D eigenvalue weighted by molar-refractivity contribution is 5.34. The minimum atomic E-state index is -0.0683. The van der Waals surface area contributed by atoms with Crippen LogP contribution >= 0.6 is 0 Å². The molecule has 1 aromatic carbocycles. The summed E-state index contributed by atoms with van der Waals surface area (Å²) in [5, 5.41) is 3.58. The Kier molecular flexibility index (Phi) is 4.06. The van der Waals surface area contributed by atoms with E-state index in [1.165, 1.54) is 0 Å². The molecular formula is C17H22FN3. The molecule has 0 saturated carbocycles. The summed E-state index contributed by atoms with van der Waals surface area (Å²) in [6.45, 7) is 5.98.